The first-order valence-electron chi connectivity index (χ1n) is 8.89. The lowest BCUT2D eigenvalue weighted by Crippen LogP contribution is -2.19. The summed E-state index contributed by atoms with van der Waals surface area (Å²) in [5.74, 6) is 1.28. The second-order valence-corrected chi connectivity index (χ2v) is 6.40. The van der Waals surface area contributed by atoms with E-state index in [1.54, 1.807) is 26.6 Å². The van der Waals surface area contributed by atoms with Crippen molar-refractivity contribution in [1.29, 1.82) is 0 Å². The monoisotopic (exact) mass is 376 g/mol. The van der Waals surface area contributed by atoms with Gasteiger partial charge in [0.05, 0.1) is 13.2 Å². The van der Waals surface area contributed by atoms with Gasteiger partial charge in [-0.05, 0) is 34.9 Å². The smallest absolute Gasteiger partial charge is 0.408 e. The van der Waals surface area contributed by atoms with E-state index < -0.39 is 12.2 Å². The summed E-state index contributed by atoms with van der Waals surface area (Å²) in [6.45, 7) is 0. The van der Waals surface area contributed by atoms with Gasteiger partial charge < -0.3 is 20.1 Å². The van der Waals surface area contributed by atoms with Crippen LogP contribution in [0.5, 0.6) is 5.75 Å². The van der Waals surface area contributed by atoms with Gasteiger partial charge in [-0.2, -0.15) is 0 Å². The summed E-state index contributed by atoms with van der Waals surface area (Å²) < 4.78 is 10.8. The standard InChI is InChI=1S/C21H20N4O3/c1-22-20-23-11-16(12-24-20)13-5-3-6-14(9-13)18-19(28-21(26)25-18)15-7-4-8-17(10-15)27-2/h3-12,18-19H,1-2H3,(H,25,26)(H,22,23,24)/t18-,19-/m1/s1. The van der Waals surface area contributed by atoms with Crippen molar-refractivity contribution >= 4 is 12.0 Å². The number of hydrogen-bond donors (Lipinski definition) is 2. The van der Waals surface area contributed by atoms with Crippen molar-refractivity contribution in [3.8, 4) is 16.9 Å². The molecule has 0 saturated carbocycles. The zero-order chi connectivity index (χ0) is 19.5. The van der Waals surface area contributed by atoms with Crippen LogP contribution in [0.1, 0.15) is 23.3 Å². The fourth-order valence-corrected chi connectivity index (χ4v) is 3.28. The Balaban J connectivity index is 1.67. The number of benzene rings is 2. The summed E-state index contributed by atoms with van der Waals surface area (Å²) in [4.78, 5) is 20.5. The Kier molecular flexibility index (Phi) is 4.80. The van der Waals surface area contributed by atoms with Gasteiger partial charge in [0.2, 0.25) is 5.95 Å². The molecule has 1 saturated heterocycles. The number of hydrogen-bond acceptors (Lipinski definition) is 6. The third kappa shape index (κ3) is 3.46. The number of ether oxygens (including phenoxy) is 2. The molecule has 0 radical (unpaired) electrons. The maximum absolute atomic E-state index is 12.0. The summed E-state index contributed by atoms with van der Waals surface area (Å²) in [5.41, 5.74) is 3.67. The Morgan fingerprint density at radius 1 is 1.04 bits per heavy atom. The van der Waals surface area contributed by atoms with Gasteiger partial charge in [0.1, 0.15) is 5.75 Å². The molecule has 0 bridgehead atoms. The number of amides is 1. The number of nitrogens with zero attached hydrogens (tertiary/aromatic N) is 2. The minimum absolute atomic E-state index is 0.308. The molecule has 2 atom stereocenters. The third-order valence-electron chi connectivity index (χ3n) is 4.69. The summed E-state index contributed by atoms with van der Waals surface area (Å²) in [5, 5.41) is 5.81. The van der Waals surface area contributed by atoms with E-state index in [1.165, 1.54) is 0 Å². The van der Waals surface area contributed by atoms with E-state index in [-0.39, 0.29) is 6.04 Å². The second kappa shape index (κ2) is 7.56. The predicted molar refractivity (Wildman–Crippen MR) is 105 cm³/mol. The van der Waals surface area contributed by atoms with E-state index in [1.807, 2.05) is 48.5 Å². The van der Waals surface area contributed by atoms with Gasteiger partial charge in [0, 0.05) is 25.0 Å². The normalized spacial score (nSPS) is 18.3. The number of carbonyl (C=O) groups excluding carboxylic acids is 1. The zero-order valence-electron chi connectivity index (χ0n) is 15.5. The number of aromatic nitrogens is 2. The topological polar surface area (TPSA) is 85.4 Å². The van der Waals surface area contributed by atoms with Gasteiger partial charge >= 0.3 is 6.09 Å². The molecule has 7 heteroatoms. The van der Waals surface area contributed by atoms with Crippen molar-refractivity contribution < 1.29 is 14.3 Å². The van der Waals surface area contributed by atoms with Crippen LogP contribution in [-0.4, -0.2) is 30.2 Å². The zero-order valence-corrected chi connectivity index (χ0v) is 15.5. The van der Waals surface area contributed by atoms with Crippen LogP contribution in [0.3, 0.4) is 0 Å². The van der Waals surface area contributed by atoms with Crippen LogP contribution >= 0.6 is 0 Å². The summed E-state index contributed by atoms with van der Waals surface area (Å²) in [6.07, 6.45) is 2.65. The molecule has 1 aliphatic heterocycles. The number of anilines is 1. The fraction of sp³-hybridized carbons (Fsp3) is 0.190. The average Bonchev–Trinajstić information content (AvgIpc) is 3.16. The lowest BCUT2D eigenvalue weighted by Gasteiger charge is -2.19. The molecule has 7 nitrogen and oxygen atoms in total. The van der Waals surface area contributed by atoms with Gasteiger partial charge in [-0.1, -0.05) is 30.3 Å². The van der Waals surface area contributed by atoms with Crippen LogP contribution in [0, 0.1) is 0 Å². The van der Waals surface area contributed by atoms with Gasteiger partial charge in [0.25, 0.3) is 0 Å². The quantitative estimate of drug-likeness (QED) is 0.706. The maximum atomic E-state index is 12.0. The average molecular weight is 376 g/mol. The van der Waals surface area contributed by atoms with Crippen molar-refractivity contribution in [2.75, 3.05) is 19.5 Å². The highest BCUT2D eigenvalue weighted by atomic mass is 16.6. The molecule has 142 valence electrons. The van der Waals surface area contributed by atoms with Crippen LogP contribution in [-0.2, 0) is 4.74 Å². The molecule has 1 amide bonds. The molecule has 0 aliphatic carbocycles. The second-order valence-electron chi connectivity index (χ2n) is 6.40. The van der Waals surface area contributed by atoms with E-state index in [2.05, 4.69) is 20.6 Å². The molecule has 3 aromatic rings. The van der Waals surface area contributed by atoms with Crippen molar-refractivity contribution in [3.05, 3.63) is 72.1 Å². The molecule has 2 N–H and O–H groups in total. The van der Waals surface area contributed by atoms with Gasteiger partial charge in [-0.25, -0.2) is 14.8 Å². The molecule has 4 rings (SSSR count). The van der Waals surface area contributed by atoms with Crippen molar-refractivity contribution in [2.45, 2.75) is 12.1 Å². The number of nitrogens with one attached hydrogen (secondary N) is 2. The summed E-state index contributed by atoms with van der Waals surface area (Å²) >= 11 is 0. The first-order chi connectivity index (χ1) is 13.7. The van der Waals surface area contributed by atoms with E-state index in [4.69, 9.17) is 9.47 Å². The minimum Gasteiger partial charge on any atom is -0.497 e. The van der Waals surface area contributed by atoms with Crippen LogP contribution in [0.4, 0.5) is 10.7 Å². The first kappa shape index (κ1) is 17.8. The SMILES string of the molecule is CNc1ncc(-c2cccc([C@H]3NC(=O)O[C@@H]3c3cccc(OC)c3)c2)cn1. The highest BCUT2D eigenvalue weighted by molar-refractivity contribution is 5.72. The minimum atomic E-state index is -0.444. The molecule has 0 unspecified atom stereocenters. The van der Waals surface area contributed by atoms with Gasteiger partial charge in [0.15, 0.2) is 6.10 Å². The van der Waals surface area contributed by atoms with Crippen molar-refractivity contribution in [3.63, 3.8) is 0 Å². The number of carbonyl (C=O) groups is 1. The van der Waals surface area contributed by atoms with Crippen molar-refractivity contribution in [2.24, 2.45) is 0 Å². The Morgan fingerprint density at radius 3 is 2.54 bits per heavy atom. The van der Waals surface area contributed by atoms with Crippen LogP contribution < -0.4 is 15.4 Å². The highest BCUT2D eigenvalue weighted by Gasteiger charge is 2.36. The van der Waals surface area contributed by atoms with Crippen LogP contribution in [0.15, 0.2) is 60.9 Å². The molecule has 0 spiro atoms. The van der Waals surface area contributed by atoms with Gasteiger partial charge in [-0.3, -0.25) is 0 Å². The van der Waals surface area contributed by atoms with E-state index in [9.17, 15) is 4.79 Å². The lowest BCUT2D eigenvalue weighted by molar-refractivity contribution is 0.132. The number of rotatable bonds is 5. The lowest BCUT2D eigenvalue weighted by atomic mass is 9.94. The third-order valence-corrected chi connectivity index (χ3v) is 4.69. The number of methoxy groups -OCH3 is 1. The van der Waals surface area contributed by atoms with E-state index >= 15 is 0 Å². The molecule has 1 aliphatic rings. The molecule has 28 heavy (non-hydrogen) atoms. The molecule has 2 aromatic carbocycles. The van der Waals surface area contributed by atoms with Crippen LogP contribution in [0.25, 0.3) is 11.1 Å². The number of alkyl carbamates (subject to hydrolysis) is 1. The summed E-state index contributed by atoms with van der Waals surface area (Å²) in [7, 11) is 3.39. The highest BCUT2D eigenvalue weighted by Crippen LogP contribution is 2.38. The Labute approximate surface area is 162 Å². The Morgan fingerprint density at radius 2 is 1.79 bits per heavy atom. The Hall–Kier alpha value is -3.61. The molecule has 2 heterocycles. The van der Waals surface area contributed by atoms with E-state index in [0.29, 0.717) is 5.95 Å². The molecular formula is C21H20N4O3. The molecule has 1 fully saturated rings. The van der Waals surface area contributed by atoms with Gasteiger partial charge in [-0.15, -0.1) is 0 Å². The summed E-state index contributed by atoms with van der Waals surface area (Å²) in [6, 6.07) is 15.2. The maximum Gasteiger partial charge on any atom is 0.408 e. The molecule has 1 aromatic heterocycles. The molecular weight excluding hydrogens is 356 g/mol. The van der Waals surface area contributed by atoms with E-state index in [0.717, 1.165) is 28.0 Å². The predicted octanol–water partition coefficient (Wildman–Crippen LogP) is 3.72. The largest absolute Gasteiger partial charge is 0.497 e. The van der Waals surface area contributed by atoms with Crippen LogP contribution in [0.2, 0.25) is 0 Å². The first-order valence-corrected chi connectivity index (χ1v) is 8.89. The number of cyclic esters (lactones) is 1. The fourth-order valence-electron chi connectivity index (χ4n) is 3.28. The Bertz CT molecular complexity index is 991. The van der Waals surface area contributed by atoms with Crippen molar-refractivity contribution in [1.82, 2.24) is 15.3 Å².